The summed E-state index contributed by atoms with van der Waals surface area (Å²) in [6, 6.07) is 2.37. The standard InChI is InChI=1S/C18H28N6OS/c1-3-7-13-12-15(21-20-13)17(25)19-11-6-10-16-22-23-18(26-2)24(16)14-8-4-5-9-14/h12,14H,3-11H2,1-2H3,(H,19,25)(H,20,21). The molecule has 1 saturated carbocycles. The van der Waals surface area contributed by atoms with Crippen molar-refractivity contribution in [3.8, 4) is 0 Å². The molecule has 0 unspecified atom stereocenters. The van der Waals surface area contributed by atoms with Gasteiger partial charge in [0.15, 0.2) is 5.16 Å². The lowest BCUT2D eigenvalue weighted by Gasteiger charge is -2.16. The van der Waals surface area contributed by atoms with E-state index in [0.717, 1.165) is 42.4 Å². The molecule has 26 heavy (non-hydrogen) atoms. The van der Waals surface area contributed by atoms with Crippen LogP contribution in [0.25, 0.3) is 0 Å². The highest BCUT2D eigenvalue weighted by molar-refractivity contribution is 7.98. The average molecular weight is 377 g/mol. The summed E-state index contributed by atoms with van der Waals surface area (Å²) < 4.78 is 2.32. The summed E-state index contributed by atoms with van der Waals surface area (Å²) in [4.78, 5) is 12.2. The molecule has 2 N–H and O–H groups in total. The minimum Gasteiger partial charge on any atom is -0.351 e. The maximum Gasteiger partial charge on any atom is 0.271 e. The Labute approximate surface area is 158 Å². The van der Waals surface area contributed by atoms with Crippen LogP contribution >= 0.6 is 11.8 Å². The number of hydrogen-bond acceptors (Lipinski definition) is 5. The number of thioether (sulfide) groups is 1. The first-order valence-electron chi connectivity index (χ1n) is 9.53. The van der Waals surface area contributed by atoms with Gasteiger partial charge in [0.05, 0.1) is 0 Å². The van der Waals surface area contributed by atoms with Gasteiger partial charge in [0.25, 0.3) is 5.91 Å². The fourth-order valence-electron chi connectivity index (χ4n) is 3.56. The predicted octanol–water partition coefficient (Wildman–Crippen LogP) is 3.15. The van der Waals surface area contributed by atoms with E-state index in [9.17, 15) is 4.79 Å². The highest BCUT2D eigenvalue weighted by atomic mass is 32.2. The van der Waals surface area contributed by atoms with Crippen LogP contribution in [-0.2, 0) is 12.8 Å². The molecular formula is C18H28N6OS. The molecule has 7 nitrogen and oxygen atoms in total. The molecule has 2 aromatic heterocycles. The van der Waals surface area contributed by atoms with E-state index >= 15 is 0 Å². The van der Waals surface area contributed by atoms with Gasteiger partial charge in [-0.3, -0.25) is 9.89 Å². The third kappa shape index (κ3) is 4.47. The number of nitrogens with zero attached hydrogens (tertiary/aromatic N) is 4. The van der Waals surface area contributed by atoms with Crippen LogP contribution in [0.1, 0.15) is 73.5 Å². The molecular weight excluding hydrogens is 348 g/mol. The molecule has 3 rings (SSSR count). The van der Waals surface area contributed by atoms with Gasteiger partial charge in [-0.05, 0) is 38.0 Å². The molecule has 8 heteroatoms. The quantitative estimate of drug-likeness (QED) is 0.518. The monoisotopic (exact) mass is 376 g/mol. The number of aromatic amines is 1. The Kier molecular flexibility index (Phi) is 6.71. The van der Waals surface area contributed by atoms with E-state index in [2.05, 4.69) is 43.5 Å². The molecule has 1 aliphatic rings. The number of carbonyl (C=O) groups excluding carboxylic acids is 1. The molecule has 0 radical (unpaired) electrons. The molecule has 142 valence electrons. The first-order chi connectivity index (χ1) is 12.7. The maximum absolute atomic E-state index is 12.2. The van der Waals surface area contributed by atoms with Gasteiger partial charge in [-0.1, -0.05) is 37.9 Å². The molecule has 1 amide bonds. The van der Waals surface area contributed by atoms with E-state index in [1.807, 2.05) is 6.07 Å². The molecule has 2 aromatic rings. The van der Waals surface area contributed by atoms with Gasteiger partial charge in [0, 0.05) is 24.7 Å². The summed E-state index contributed by atoms with van der Waals surface area (Å²) >= 11 is 1.66. The second-order valence-electron chi connectivity index (χ2n) is 6.80. The number of carbonyl (C=O) groups is 1. The smallest absolute Gasteiger partial charge is 0.271 e. The van der Waals surface area contributed by atoms with Crippen molar-refractivity contribution in [2.75, 3.05) is 12.8 Å². The van der Waals surface area contributed by atoms with Crippen molar-refractivity contribution in [1.29, 1.82) is 0 Å². The second-order valence-corrected chi connectivity index (χ2v) is 7.57. The van der Waals surface area contributed by atoms with E-state index in [0.29, 0.717) is 18.3 Å². The zero-order chi connectivity index (χ0) is 18.4. The fourth-order valence-corrected chi connectivity index (χ4v) is 4.13. The van der Waals surface area contributed by atoms with Crippen LogP contribution in [0.5, 0.6) is 0 Å². The van der Waals surface area contributed by atoms with Crippen LogP contribution in [0, 0.1) is 0 Å². The van der Waals surface area contributed by atoms with Gasteiger partial charge in [0.1, 0.15) is 11.5 Å². The molecule has 0 saturated heterocycles. The summed E-state index contributed by atoms with van der Waals surface area (Å²) in [5.41, 5.74) is 1.47. The van der Waals surface area contributed by atoms with Gasteiger partial charge in [-0.15, -0.1) is 10.2 Å². The van der Waals surface area contributed by atoms with E-state index in [1.54, 1.807) is 11.8 Å². The van der Waals surface area contributed by atoms with Crippen LogP contribution in [-0.4, -0.2) is 43.7 Å². The van der Waals surface area contributed by atoms with Crippen molar-refractivity contribution >= 4 is 17.7 Å². The van der Waals surface area contributed by atoms with E-state index in [4.69, 9.17) is 0 Å². The second kappa shape index (κ2) is 9.21. The largest absolute Gasteiger partial charge is 0.351 e. The topological polar surface area (TPSA) is 88.5 Å². The van der Waals surface area contributed by atoms with Crippen molar-refractivity contribution in [2.24, 2.45) is 0 Å². The molecule has 1 aliphatic carbocycles. The number of aromatic nitrogens is 5. The van der Waals surface area contributed by atoms with Crippen LogP contribution in [0.15, 0.2) is 11.2 Å². The number of H-pyrrole nitrogens is 1. The first-order valence-corrected chi connectivity index (χ1v) is 10.8. The van der Waals surface area contributed by atoms with E-state index < -0.39 is 0 Å². The lowest BCUT2D eigenvalue weighted by molar-refractivity contribution is 0.0948. The van der Waals surface area contributed by atoms with Crippen molar-refractivity contribution in [2.45, 2.75) is 69.5 Å². The average Bonchev–Trinajstić information content (AvgIpc) is 3.38. The number of aryl methyl sites for hydroxylation is 2. The highest BCUT2D eigenvalue weighted by Crippen LogP contribution is 2.33. The van der Waals surface area contributed by atoms with Crippen molar-refractivity contribution in [3.63, 3.8) is 0 Å². The van der Waals surface area contributed by atoms with Crippen molar-refractivity contribution in [1.82, 2.24) is 30.3 Å². The van der Waals surface area contributed by atoms with E-state index in [-0.39, 0.29) is 5.91 Å². The van der Waals surface area contributed by atoms with Gasteiger partial charge < -0.3 is 9.88 Å². The zero-order valence-corrected chi connectivity index (χ0v) is 16.4. The summed E-state index contributed by atoms with van der Waals surface area (Å²) in [6.07, 6.45) is 10.7. The Morgan fingerprint density at radius 1 is 1.35 bits per heavy atom. The zero-order valence-electron chi connectivity index (χ0n) is 15.6. The number of rotatable bonds is 9. The van der Waals surface area contributed by atoms with Crippen molar-refractivity contribution in [3.05, 3.63) is 23.3 Å². The van der Waals surface area contributed by atoms with Gasteiger partial charge in [0.2, 0.25) is 0 Å². The lowest BCUT2D eigenvalue weighted by atomic mass is 10.2. The SMILES string of the molecule is CCCc1cc(C(=O)NCCCc2nnc(SC)n2C2CCCC2)n[nH]1. The van der Waals surface area contributed by atoms with Gasteiger partial charge >= 0.3 is 0 Å². The minimum atomic E-state index is -0.120. The van der Waals surface area contributed by atoms with Gasteiger partial charge in [-0.2, -0.15) is 5.10 Å². The number of amides is 1. The minimum absolute atomic E-state index is 0.120. The number of nitrogens with one attached hydrogen (secondary N) is 2. The molecule has 0 bridgehead atoms. The molecule has 0 spiro atoms. The number of hydrogen-bond donors (Lipinski definition) is 2. The van der Waals surface area contributed by atoms with Crippen LogP contribution in [0.4, 0.5) is 0 Å². The Balaban J connectivity index is 1.50. The van der Waals surface area contributed by atoms with Crippen LogP contribution < -0.4 is 5.32 Å². The summed E-state index contributed by atoms with van der Waals surface area (Å²) in [5, 5.41) is 19.7. The van der Waals surface area contributed by atoms with Crippen molar-refractivity contribution < 1.29 is 4.79 Å². The third-order valence-corrected chi connectivity index (χ3v) is 5.50. The first kappa shape index (κ1) is 18.9. The lowest BCUT2D eigenvalue weighted by Crippen LogP contribution is -2.25. The van der Waals surface area contributed by atoms with Crippen LogP contribution in [0.2, 0.25) is 0 Å². The van der Waals surface area contributed by atoms with Crippen LogP contribution in [0.3, 0.4) is 0 Å². The Morgan fingerprint density at radius 3 is 2.88 bits per heavy atom. The maximum atomic E-state index is 12.2. The third-order valence-electron chi connectivity index (χ3n) is 4.85. The Hall–Kier alpha value is -1.83. The molecule has 1 fully saturated rings. The molecule has 2 heterocycles. The Morgan fingerprint density at radius 2 is 2.15 bits per heavy atom. The fraction of sp³-hybridized carbons (Fsp3) is 0.667. The summed E-state index contributed by atoms with van der Waals surface area (Å²) in [6.45, 7) is 2.72. The Bertz CT molecular complexity index is 719. The summed E-state index contributed by atoms with van der Waals surface area (Å²) in [7, 11) is 0. The molecule has 0 aromatic carbocycles. The summed E-state index contributed by atoms with van der Waals surface area (Å²) in [5.74, 6) is 0.922. The predicted molar refractivity (Wildman–Crippen MR) is 103 cm³/mol. The van der Waals surface area contributed by atoms with Gasteiger partial charge in [-0.25, -0.2) is 0 Å². The molecule has 0 aliphatic heterocycles. The normalized spacial score (nSPS) is 14.8. The highest BCUT2D eigenvalue weighted by Gasteiger charge is 2.23. The van der Waals surface area contributed by atoms with E-state index in [1.165, 1.54) is 25.7 Å². The molecule has 0 atom stereocenters.